The Bertz CT molecular complexity index is 377. The minimum absolute atomic E-state index is 0.120. The molecule has 0 aliphatic carbocycles. The smallest absolute Gasteiger partial charge is 0.305 e. The van der Waals surface area contributed by atoms with E-state index in [2.05, 4.69) is 10.3 Å². The van der Waals surface area contributed by atoms with Gasteiger partial charge < -0.3 is 16.2 Å². The highest BCUT2D eigenvalue weighted by atomic mass is 32.1. The van der Waals surface area contributed by atoms with Gasteiger partial charge in [-0.1, -0.05) is 0 Å². The van der Waals surface area contributed by atoms with Crippen LogP contribution in [0.5, 0.6) is 0 Å². The predicted molar refractivity (Wildman–Crippen MR) is 55.7 cm³/mol. The van der Waals surface area contributed by atoms with Crippen LogP contribution < -0.4 is 11.1 Å². The highest BCUT2D eigenvalue weighted by Gasteiger charge is 2.14. The van der Waals surface area contributed by atoms with Crippen molar-refractivity contribution in [1.29, 1.82) is 0 Å². The van der Waals surface area contributed by atoms with Crippen LogP contribution in [0.4, 0.5) is 5.13 Å². The number of carbonyl (C=O) groups is 2. The molecule has 7 heteroatoms. The number of rotatable bonds is 4. The van der Waals surface area contributed by atoms with Crippen LogP contribution in [0.1, 0.15) is 23.8 Å². The minimum Gasteiger partial charge on any atom is -0.481 e. The number of hydrogen-bond donors (Lipinski definition) is 3. The molecule has 6 nitrogen and oxygen atoms in total. The normalized spacial score (nSPS) is 12.1. The average molecular weight is 229 g/mol. The molecule has 0 saturated heterocycles. The zero-order valence-electron chi connectivity index (χ0n) is 8.06. The monoisotopic (exact) mass is 229 g/mol. The first-order valence-electron chi connectivity index (χ1n) is 4.22. The molecule has 0 radical (unpaired) electrons. The topological polar surface area (TPSA) is 105 Å². The fourth-order valence-electron chi connectivity index (χ4n) is 1.00. The van der Waals surface area contributed by atoms with E-state index in [0.29, 0.717) is 5.13 Å². The third-order valence-corrected chi connectivity index (χ3v) is 2.29. The lowest BCUT2D eigenvalue weighted by molar-refractivity contribution is -0.137. The zero-order chi connectivity index (χ0) is 11.4. The van der Waals surface area contributed by atoms with Gasteiger partial charge in [-0.05, 0) is 6.92 Å². The molecule has 1 rings (SSSR count). The zero-order valence-corrected chi connectivity index (χ0v) is 8.87. The standard InChI is InChI=1S/C8H11N3O3S/c1-4(2-6(12)13)10-7(14)5-3-15-8(9)11-5/h3-4H,2H2,1H3,(H2,9,11)(H,10,14)(H,12,13). The third kappa shape index (κ3) is 3.55. The van der Waals surface area contributed by atoms with Crippen LogP contribution in [0.2, 0.25) is 0 Å². The lowest BCUT2D eigenvalue weighted by atomic mass is 10.2. The Balaban J connectivity index is 2.52. The third-order valence-electron chi connectivity index (χ3n) is 1.61. The van der Waals surface area contributed by atoms with E-state index in [9.17, 15) is 9.59 Å². The van der Waals surface area contributed by atoms with E-state index >= 15 is 0 Å². The summed E-state index contributed by atoms with van der Waals surface area (Å²) in [6.07, 6.45) is -0.120. The van der Waals surface area contributed by atoms with Gasteiger partial charge in [-0.25, -0.2) is 4.98 Å². The van der Waals surface area contributed by atoms with Crippen molar-refractivity contribution in [1.82, 2.24) is 10.3 Å². The lowest BCUT2D eigenvalue weighted by Crippen LogP contribution is -2.34. The SMILES string of the molecule is CC(CC(=O)O)NC(=O)c1csc(N)n1. The summed E-state index contributed by atoms with van der Waals surface area (Å²) < 4.78 is 0. The summed E-state index contributed by atoms with van der Waals surface area (Å²) in [6.45, 7) is 1.61. The van der Waals surface area contributed by atoms with Gasteiger partial charge in [-0.15, -0.1) is 11.3 Å². The number of nitrogens with one attached hydrogen (secondary N) is 1. The van der Waals surface area contributed by atoms with Crippen molar-refractivity contribution in [2.45, 2.75) is 19.4 Å². The summed E-state index contributed by atoms with van der Waals surface area (Å²) in [5, 5.41) is 12.8. The number of aromatic nitrogens is 1. The van der Waals surface area contributed by atoms with Gasteiger partial charge in [0.2, 0.25) is 0 Å². The van der Waals surface area contributed by atoms with Crippen LogP contribution in [0.3, 0.4) is 0 Å². The van der Waals surface area contributed by atoms with Crippen LogP contribution >= 0.6 is 11.3 Å². The molecule has 0 aliphatic heterocycles. The Labute approximate surface area is 90.1 Å². The molecule has 1 aromatic heterocycles. The number of anilines is 1. The summed E-state index contributed by atoms with van der Waals surface area (Å²) in [5.41, 5.74) is 5.58. The van der Waals surface area contributed by atoms with Crippen molar-refractivity contribution < 1.29 is 14.7 Å². The van der Waals surface area contributed by atoms with Crippen LogP contribution in [0, 0.1) is 0 Å². The lowest BCUT2D eigenvalue weighted by Gasteiger charge is -2.09. The van der Waals surface area contributed by atoms with E-state index < -0.39 is 17.9 Å². The Morgan fingerprint density at radius 2 is 2.40 bits per heavy atom. The fraction of sp³-hybridized carbons (Fsp3) is 0.375. The van der Waals surface area contributed by atoms with Gasteiger partial charge in [0.25, 0.3) is 5.91 Å². The number of nitrogens with zero attached hydrogens (tertiary/aromatic N) is 1. The van der Waals surface area contributed by atoms with Gasteiger partial charge in [0, 0.05) is 11.4 Å². The molecule has 0 aliphatic rings. The highest BCUT2D eigenvalue weighted by molar-refractivity contribution is 7.13. The summed E-state index contributed by atoms with van der Waals surface area (Å²) in [7, 11) is 0. The first-order chi connectivity index (χ1) is 6.99. The summed E-state index contributed by atoms with van der Waals surface area (Å²) in [6, 6.07) is -0.432. The minimum atomic E-state index is -0.958. The van der Waals surface area contributed by atoms with E-state index in [1.54, 1.807) is 6.92 Å². The van der Waals surface area contributed by atoms with Crippen LogP contribution in [0.15, 0.2) is 5.38 Å². The number of nitrogen functional groups attached to an aromatic ring is 1. The molecule has 15 heavy (non-hydrogen) atoms. The van der Waals surface area contributed by atoms with Gasteiger partial charge in [0.1, 0.15) is 5.69 Å². The van der Waals surface area contributed by atoms with Gasteiger partial charge in [-0.3, -0.25) is 9.59 Å². The second-order valence-electron chi connectivity index (χ2n) is 3.04. The first-order valence-corrected chi connectivity index (χ1v) is 5.10. The Kier molecular flexibility index (Phi) is 3.62. The summed E-state index contributed by atoms with van der Waals surface area (Å²) in [5.74, 6) is -1.36. The van der Waals surface area contributed by atoms with Gasteiger partial charge in [0.15, 0.2) is 5.13 Å². The van der Waals surface area contributed by atoms with E-state index in [1.165, 1.54) is 5.38 Å². The summed E-state index contributed by atoms with van der Waals surface area (Å²) in [4.78, 5) is 25.6. The van der Waals surface area contributed by atoms with E-state index in [0.717, 1.165) is 11.3 Å². The molecule has 0 bridgehead atoms. The number of carboxylic acid groups (broad SMARTS) is 1. The quantitative estimate of drug-likeness (QED) is 0.689. The Morgan fingerprint density at radius 3 is 2.87 bits per heavy atom. The van der Waals surface area contributed by atoms with Crippen LogP contribution in [0.25, 0.3) is 0 Å². The van der Waals surface area contributed by atoms with Gasteiger partial charge in [0.05, 0.1) is 6.42 Å². The number of carbonyl (C=O) groups excluding carboxylic acids is 1. The van der Waals surface area contributed by atoms with E-state index in [4.69, 9.17) is 10.8 Å². The maximum atomic E-state index is 11.4. The molecule has 0 fully saturated rings. The Hall–Kier alpha value is -1.63. The second-order valence-corrected chi connectivity index (χ2v) is 3.93. The van der Waals surface area contributed by atoms with Crippen molar-refractivity contribution in [2.75, 3.05) is 5.73 Å². The molecule has 1 amide bonds. The number of amides is 1. The Morgan fingerprint density at radius 1 is 1.73 bits per heavy atom. The molecule has 1 aromatic rings. The summed E-state index contributed by atoms with van der Waals surface area (Å²) >= 11 is 1.16. The molecular weight excluding hydrogens is 218 g/mol. The van der Waals surface area contributed by atoms with Crippen LogP contribution in [-0.4, -0.2) is 28.0 Å². The van der Waals surface area contributed by atoms with Gasteiger partial charge in [-0.2, -0.15) is 0 Å². The molecule has 4 N–H and O–H groups in total. The second kappa shape index (κ2) is 4.74. The molecular formula is C8H11N3O3S. The van der Waals surface area contributed by atoms with Crippen LogP contribution in [-0.2, 0) is 4.79 Å². The molecule has 1 atom stereocenters. The average Bonchev–Trinajstić information content (AvgIpc) is 2.49. The molecule has 1 unspecified atom stereocenters. The molecule has 0 spiro atoms. The highest BCUT2D eigenvalue weighted by Crippen LogP contribution is 2.10. The maximum absolute atomic E-state index is 11.4. The first kappa shape index (κ1) is 11.4. The van der Waals surface area contributed by atoms with E-state index in [1.807, 2.05) is 0 Å². The number of hydrogen-bond acceptors (Lipinski definition) is 5. The molecule has 1 heterocycles. The largest absolute Gasteiger partial charge is 0.481 e. The number of thiazole rings is 1. The van der Waals surface area contributed by atoms with Crippen molar-refractivity contribution in [3.05, 3.63) is 11.1 Å². The fourth-order valence-corrected chi connectivity index (χ4v) is 1.55. The molecule has 0 aromatic carbocycles. The number of aliphatic carboxylic acids is 1. The molecule has 82 valence electrons. The van der Waals surface area contributed by atoms with Gasteiger partial charge >= 0.3 is 5.97 Å². The maximum Gasteiger partial charge on any atom is 0.305 e. The van der Waals surface area contributed by atoms with Crippen molar-refractivity contribution >= 4 is 28.3 Å². The van der Waals surface area contributed by atoms with Crippen molar-refractivity contribution in [3.63, 3.8) is 0 Å². The number of nitrogens with two attached hydrogens (primary N) is 1. The predicted octanol–water partition coefficient (Wildman–Crippen LogP) is 0.318. The van der Waals surface area contributed by atoms with Crippen molar-refractivity contribution in [2.24, 2.45) is 0 Å². The molecule has 0 saturated carbocycles. The number of carboxylic acids is 1. The van der Waals surface area contributed by atoms with Crippen molar-refractivity contribution in [3.8, 4) is 0 Å². The van der Waals surface area contributed by atoms with E-state index in [-0.39, 0.29) is 12.1 Å².